The van der Waals surface area contributed by atoms with Gasteiger partial charge in [-0.2, -0.15) is 0 Å². The van der Waals surface area contributed by atoms with E-state index >= 15 is 0 Å². The van der Waals surface area contributed by atoms with Crippen LogP contribution in [0.2, 0.25) is 0 Å². The number of rotatable bonds is 1. The highest BCUT2D eigenvalue weighted by atomic mass is 31.2. The summed E-state index contributed by atoms with van der Waals surface area (Å²) in [5.74, 6) is 0. The van der Waals surface area contributed by atoms with Gasteiger partial charge in [-0.1, -0.05) is 0 Å². The van der Waals surface area contributed by atoms with Crippen LogP contribution in [0.15, 0.2) is 0 Å². The molecule has 0 fully saturated rings. The Kier molecular flexibility index (Phi) is 2.10. The lowest BCUT2D eigenvalue weighted by molar-refractivity contribution is 0.463. The SMILES string of the molecule is [B][P+](C)(C)OC. The van der Waals surface area contributed by atoms with Crippen LogP contribution in [-0.2, 0) is 4.52 Å². The Bertz CT molecular complexity index is 40.5. The second kappa shape index (κ2) is 1.95. The molecule has 0 unspecified atom stereocenters. The van der Waals surface area contributed by atoms with Gasteiger partial charge in [0.1, 0.15) is 0 Å². The van der Waals surface area contributed by atoms with Gasteiger partial charge < -0.3 is 0 Å². The Balaban J connectivity index is 3.17. The average molecular weight is 103 g/mol. The maximum atomic E-state index is 5.42. The fourth-order valence-corrected chi connectivity index (χ4v) is 0. The van der Waals surface area contributed by atoms with Gasteiger partial charge in [0.2, 0.25) is 0 Å². The molecule has 6 heavy (non-hydrogen) atoms. The van der Waals surface area contributed by atoms with E-state index in [1.54, 1.807) is 7.11 Å². The van der Waals surface area contributed by atoms with Crippen LogP contribution in [-0.4, -0.2) is 28.0 Å². The molecule has 0 saturated heterocycles. The summed E-state index contributed by atoms with van der Waals surface area (Å²) in [7, 11) is 5.66. The fraction of sp³-hybridized carbons (Fsp3) is 1.00. The number of hydrogen-bond donors (Lipinski definition) is 0. The normalized spacial score (nSPS) is 11.8. The highest BCUT2D eigenvalue weighted by Gasteiger charge is 2.14. The van der Waals surface area contributed by atoms with E-state index in [1.807, 2.05) is 13.3 Å². The van der Waals surface area contributed by atoms with Gasteiger partial charge in [0.25, 0.3) is 0 Å². The topological polar surface area (TPSA) is 9.23 Å². The van der Waals surface area contributed by atoms with Crippen LogP contribution in [0.25, 0.3) is 0 Å². The first-order valence-electron chi connectivity index (χ1n) is 1.74. The van der Waals surface area contributed by atoms with E-state index in [0.717, 1.165) is 0 Å². The minimum atomic E-state index is -1.40. The van der Waals surface area contributed by atoms with E-state index in [0.29, 0.717) is 0 Å². The van der Waals surface area contributed by atoms with Crippen LogP contribution < -0.4 is 0 Å². The first kappa shape index (κ1) is 6.45. The summed E-state index contributed by atoms with van der Waals surface area (Å²) in [5, 5.41) is 0. The predicted molar refractivity (Wildman–Crippen MR) is 31.5 cm³/mol. The summed E-state index contributed by atoms with van der Waals surface area (Å²) in [6, 6.07) is 0. The van der Waals surface area contributed by atoms with Gasteiger partial charge >= 0.3 is 7.57 Å². The van der Waals surface area contributed by atoms with Gasteiger partial charge in [0.15, 0.2) is 0 Å². The Morgan fingerprint density at radius 1 is 1.50 bits per heavy atom. The van der Waals surface area contributed by atoms with Crippen molar-refractivity contribution in [3.8, 4) is 0 Å². The summed E-state index contributed by atoms with van der Waals surface area (Å²) in [6.07, 6.45) is 0. The first-order valence-corrected chi connectivity index (χ1v) is 4.41. The molecule has 0 heterocycles. The highest BCUT2D eigenvalue weighted by Crippen LogP contribution is 2.44. The zero-order valence-corrected chi connectivity index (χ0v) is 5.33. The molecule has 0 aromatic rings. The summed E-state index contributed by atoms with van der Waals surface area (Å²) in [6.45, 7) is 3.82. The molecule has 0 rings (SSSR count). The van der Waals surface area contributed by atoms with Gasteiger partial charge in [-0.05, 0) is 0 Å². The van der Waals surface area contributed by atoms with E-state index in [2.05, 4.69) is 0 Å². The largest absolute Gasteiger partial charge is 0.400 e. The molecular weight excluding hydrogens is 93.8 g/mol. The maximum Gasteiger partial charge on any atom is 0.400 e. The van der Waals surface area contributed by atoms with E-state index in [1.165, 1.54) is 0 Å². The third-order valence-electron chi connectivity index (χ3n) is 0.471. The molecule has 0 N–H and O–H groups in total. The fourth-order valence-electron chi connectivity index (χ4n) is 0. The maximum absolute atomic E-state index is 5.42. The van der Waals surface area contributed by atoms with Crippen molar-refractivity contribution in [2.75, 3.05) is 20.4 Å². The molecule has 0 bridgehead atoms. The van der Waals surface area contributed by atoms with Crippen molar-refractivity contribution >= 4 is 14.9 Å². The average Bonchev–Trinajstić information content (AvgIpc) is 1.35. The second-order valence-electron chi connectivity index (χ2n) is 1.62. The molecule has 0 aromatic carbocycles. The molecule has 0 spiro atoms. The second-order valence-corrected chi connectivity index (χ2v) is 4.85. The Morgan fingerprint density at radius 3 is 1.67 bits per heavy atom. The zero-order valence-electron chi connectivity index (χ0n) is 4.43. The molecule has 2 radical (unpaired) electrons. The van der Waals surface area contributed by atoms with Gasteiger partial charge in [-0.15, -0.1) is 0 Å². The minimum Gasteiger partial charge on any atom is -0.261 e. The lowest BCUT2D eigenvalue weighted by Crippen LogP contribution is -1.86. The molecule has 1 nitrogen and oxygen atoms in total. The van der Waals surface area contributed by atoms with Crippen LogP contribution in [0.5, 0.6) is 0 Å². The van der Waals surface area contributed by atoms with E-state index < -0.39 is 7.37 Å². The summed E-state index contributed by atoms with van der Waals surface area (Å²) in [5.41, 5.74) is 0. The lowest BCUT2D eigenvalue weighted by Gasteiger charge is -2.04. The molecule has 0 amide bonds. The van der Waals surface area contributed by atoms with Crippen molar-refractivity contribution in [2.45, 2.75) is 0 Å². The molecule has 0 aliphatic rings. The Labute approximate surface area is 40.9 Å². The van der Waals surface area contributed by atoms with Crippen LogP contribution in [0.1, 0.15) is 0 Å². The molecule has 0 aliphatic carbocycles. The molecule has 0 atom stereocenters. The molecule has 3 heteroatoms. The molecule has 0 saturated carbocycles. The van der Waals surface area contributed by atoms with Gasteiger partial charge in [0, 0.05) is 0 Å². The zero-order chi connectivity index (χ0) is 5.21. The van der Waals surface area contributed by atoms with Gasteiger partial charge in [-0.25, -0.2) is 0 Å². The van der Waals surface area contributed by atoms with Crippen molar-refractivity contribution in [1.82, 2.24) is 0 Å². The lowest BCUT2D eigenvalue weighted by atomic mass is 10.8. The highest BCUT2D eigenvalue weighted by molar-refractivity contribution is 7.92. The van der Waals surface area contributed by atoms with Crippen LogP contribution in [0.4, 0.5) is 0 Å². The van der Waals surface area contributed by atoms with Gasteiger partial charge in [-0.3, -0.25) is 4.52 Å². The van der Waals surface area contributed by atoms with Crippen molar-refractivity contribution in [3.63, 3.8) is 0 Å². The molecule has 0 aromatic heterocycles. The molecular formula is C3H9BOP+. The summed E-state index contributed by atoms with van der Waals surface area (Å²) < 4.78 is 4.83. The molecule has 34 valence electrons. The van der Waals surface area contributed by atoms with Gasteiger partial charge in [0.05, 0.1) is 27.8 Å². The van der Waals surface area contributed by atoms with Crippen LogP contribution >= 0.6 is 7.37 Å². The Hall–Kier alpha value is 0.455. The molecule has 0 aliphatic heterocycles. The Morgan fingerprint density at radius 2 is 1.67 bits per heavy atom. The van der Waals surface area contributed by atoms with E-state index in [9.17, 15) is 0 Å². The smallest absolute Gasteiger partial charge is 0.261 e. The predicted octanol–water partition coefficient (Wildman–Crippen LogP) is 0.908. The van der Waals surface area contributed by atoms with E-state index in [-0.39, 0.29) is 0 Å². The van der Waals surface area contributed by atoms with Crippen molar-refractivity contribution in [1.29, 1.82) is 0 Å². The third-order valence-corrected chi connectivity index (χ3v) is 1.41. The first-order chi connectivity index (χ1) is 2.56. The summed E-state index contributed by atoms with van der Waals surface area (Å²) in [4.78, 5) is 0. The monoisotopic (exact) mass is 103 g/mol. The quantitative estimate of drug-likeness (QED) is 0.354. The van der Waals surface area contributed by atoms with Crippen LogP contribution in [0, 0.1) is 0 Å². The van der Waals surface area contributed by atoms with Crippen molar-refractivity contribution in [3.05, 3.63) is 0 Å². The third kappa shape index (κ3) is 4.45. The van der Waals surface area contributed by atoms with Crippen LogP contribution in [0.3, 0.4) is 0 Å². The van der Waals surface area contributed by atoms with E-state index in [4.69, 9.17) is 12.1 Å². The van der Waals surface area contributed by atoms with Crippen molar-refractivity contribution in [2.24, 2.45) is 0 Å². The summed E-state index contributed by atoms with van der Waals surface area (Å²) >= 11 is 0. The minimum absolute atomic E-state index is 1.40. The van der Waals surface area contributed by atoms with Crippen molar-refractivity contribution < 1.29 is 4.52 Å². The standard InChI is InChI=1S/C3H9BOP/c1-5-6(2,3)4/h1-3H3/q+1. The number of hydrogen-bond acceptors (Lipinski definition) is 1.